The zero-order valence-electron chi connectivity index (χ0n) is 8.91. The van der Waals surface area contributed by atoms with Gasteiger partial charge in [0.2, 0.25) is 0 Å². The van der Waals surface area contributed by atoms with Crippen LogP contribution in [0.4, 0.5) is 0 Å². The molecule has 1 rings (SSSR count). The summed E-state index contributed by atoms with van der Waals surface area (Å²) in [6.45, 7) is 3.55. The molecule has 0 aliphatic carbocycles. The van der Waals surface area contributed by atoms with Crippen molar-refractivity contribution in [3.63, 3.8) is 0 Å². The highest BCUT2D eigenvalue weighted by molar-refractivity contribution is 5.75. The van der Waals surface area contributed by atoms with Crippen molar-refractivity contribution in [2.45, 2.75) is 38.3 Å². The van der Waals surface area contributed by atoms with Crippen LogP contribution in [-0.2, 0) is 14.3 Å². The molecule has 0 unspecified atom stereocenters. The van der Waals surface area contributed by atoms with E-state index in [1.807, 2.05) is 6.92 Å². The standard InChI is InChI=1S/C10H19NO3/c1-3-9(10(12)13-2)11-7-8-5-4-6-14-8/h8-9,11H,3-7H2,1-2H3/t8-,9-/m1/s1. The Kier molecular flexibility index (Phi) is 4.90. The van der Waals surface area contributed by atoms with Gasteiger partial charge in [0.05, 0.1) is 13.2 Å². The summed E-state index contributed by atoms with van der Waals surface area (Å²) in [6, 6.07) is -0.191. The number of carbonyl (C=O) groups excluding carboxylic acids is 1. The molecule has 0 bridgehead atoms. The highest BCUT2D eigenvalue weighted by Crippen LogP contribution is 2.11. The minimum Gasteiger partial charge on any atom is -0.468 e. The molecule has 0 spiro atoms. The summed E-state index contributed by atoms with van der Waals surface area (Å²) in [5.74, 6) is -0.189. The zero-order valence-corrected chi connectivity index (χ0v) is 8.91. The third kappa shape index (κ3) is 3.27. The van der Waals surface area contributed by atoms with Crippen molar-refractivity contribution < 1.29 is 14.3 Å². The van der Waals surface area contributed by atoms with E-state index in [0.717, 1.165) is 32.4 Å². The van der Waals surface area contributed by atoms with Crippen molar-refractivity contribution >= 4 is 5.97 Å². The maximum Gasteiger partial charge on any atom is 0.322 e. The predicted molar refractivity (Wildman–Crippen MR) is 53.1 cm³/mol. The van der Waals surface area contributed by atoms with E-state index in [1.165, 1.54) is 7.11 Å². The molecule has 0 aromatic heterocycles. The molecule has 0 radical (unpaired) electrons. The van der Waals surface area contributed by atoms with E-state index in [9.17, 15) is 4.79 Å². The van der Waals surface area contributed by atoms with Gasteiger partial charge in [-0.15, -0.1) is 0 Å². The minimum atomic E-state index is -0.191. The Morgan fingerprint density at radius 2 is 2.50 bits per heavy atom. The van der Waals surface area contributed by atoms with Crippen LogP contribution in [0.25, 0.3) is 0 Å². The van der Waals surface area contributed by atoms with E-state index in [0.29, 0.717) is 0 Å². The van der Waals surface area contributed by atoms with Crippen LogP contribution in [0.2, 0.25) is 0 Å². The summed E-state index contributed by atoms with van der Waals surface area (Å²) in [4.78, 5) is 11.2. The molecule has 1 aliphatic heterocycles. The van der Waals surface area contributed by atoms with Gasteiger partial charge in [-0.1, -0.05) is 6.92 Å². The Morgan fingerprint density at radius 1 is 1.71 bits per heavy atom. The number of hydrogen-bond donors (Lipinski definition) is 1. The topological polar surface area (TPSA) is 47.6 Å². The summed E-state index contributed by atoms with van der Waals surface area (Å²) in [6.07, 6.45) is 3.24. The highest BCUT2D eigenvalue weighted by atomic mass is 16.5. The molecule has 0 saturated carbocycles. The molecular formula is C10H19NO3. The molecule has 14 heavy (non-hydrogen) atoms. The summed E-state index contributed by atoms with van der Waals surface area (Å²) >= 11 is 0. The lowest BCUT2D eigenvalue weighted by Crippen LogP contribution is -2.41. The third-order valence-electron chi connectivity index (χ3n) is 2.51. The maximum absolute atomic E-state index is 11.2. The van der Waals surface area contributed by atoms with E-state index < -0.39 is 0 Å². The second-order valence-corrected chi connectivity index (χ2v) is 3.53. The van der Waals surface area contributed by atoms with Gasteiger partial charge in [0.1, 0.15) is 6.04 Å². The van der Waals surface area contributed by atoms with Gasteiger partial charge in [0.15, 0.2) is 0 Å². The number of nitrogens with one attached hydrogen (secondary N) is 1. The average Bonchev–Trinajstić information content (AvgIpc) is 2.71. The van der Waals surface area contributed by atoms with E-state index in [4.69, 9.17) is 4.74 Å². The molecule has 0 amide bonds. The summed E-state index contributed by atoms with van der Waals surface area (Å²) in [5.41, 5.74) is 0. The van der Waals surface area contributed by atoms with Crippen molar-refractivity contribution in [1.29, 1.82) is 0 Å². The predicted octanol–water partition coefficient (Wildman–Crippen LogP) is 0.707. The van der Waals surface area contributed by atoms with Gasteiger partial charge in [-0.05, 0) is 19.3 Å². The van der Waals surface area contributed by atoms with Crippen LogP contribution in [0.3, 0.4) is 0 Å². The fourth-order valence-corrected chi connectivity index (χ4v) is 1.62. The van der Waals surface area contributed by atoms with Gasteiger partial charge < -0.3 is 14.8 Å². The first kappa shape index (κ1) is 11.5. The van der Waals surface area contributed by atoms with Crippen molar-refractivity contribution in [1.82, 2.24) is 5.32 Å². The second kappa shape index (κ2) is 5.98. The lowest BCUT2D eigenvalue weighted by atomic mass is 10.2. The SMILES string of the molecule is CC[C@@H](NC[C@H]1CCCO1)C(=O)OC. The minimum absolute atomic E-state index is 0.189. The zero-order chi connectivity index (χ0) is 10.4. The Bertz CT molecular complexity index is 178. The lowest BCUT2D eigenvalue weighted by Gasteiger charge is -2.17. The molecule has 4 nitrogen and oxygen atoms in total. The van der Waals surface area contributed by atoms with Crippen molar-refractivity contribution in [3.8, 4) is 0 Å². The van der Waals surface area contributed by atoms with Gasteiger partial charge in [0, 0.05) is 13.2 Å². The van der Waals surface area contributed by atoms with Crippen LogP contribution in [0.15, 0.2) is 0 Å². The van der Waals surface area contributed by atoms with Crippen LogP contribution in [-0.4, -0.2) is 38.4 Å². The van der Waals surface area contributed by atoms with E-state index >= 15 is 0 Å². The Hall–Kier alpha value is -0.610. The molecule has 0 aromatic rings. The molecule has 0 aromatic carbocycles. The molecule has 1 N–H and O–H groups in total. The first-order valence-electron chi connectivity index (χ1n) is 5.20. The first-order valence-corrected chi connectivity index (χ1v) is 5.20. The second-order valence-electron chi connectivity index (χ2n) is 3.53. The Morgan fingerprint density at radius 3 is 3.00 bits per heavy atom. The number of ether oxygens (including phenoxy) is 2. The van der Waals surface area contributed by atoms with E-state index in [2.05, 4.69) is 10.1 Å². The molecule has 82 valence electrons. The molecule has 2 atom stereocenters. The van der Waals surface area contributed by atoms with E-state index in [1.54, 1.807) is 0 Å². The van der Waals surface area contributed by atoms with Crippen molar-refractivity contribution in [3.05, 3.63) is 0 Å². The number of methoxy groups -OCH3 is 1. The smallest absolute Gasteiger partial charge is 0.322 e. The maximum atomic E-state index is 11.2. The summed E-state index contributed by atoms with van der Waals surface area (Å²) < 4.78 is 10.1. The number of esters is 1. The molecule has 1 saturated heterocycles. The number of carbonyl (C=O) groups is 1. The van der Waals surface area contributed by atoms with Crippen LogP contribution in [0, 0.1) is 0 Å². The van der Waals surface area contributed by atoms with Crippen molar-refractivity contribution in [2.75, 3.05) is 20.3 Å². The summed E-state index contributed by atoms with van der Waals surface area (Å²) in [7, 11) is 1.42. The normalized spacial score (nSPS) is 23.4. The van der Waals surface area contributed by atoms with Crippen LogP contribution in [0.5, 0.6) is 0 Å². The fraction of sp³-hybridized carbons (Fsp3) is 0.900. The molecule has 4 heteroatoms. The van der Waals surface area contributed by atoms with Gasteiger partial charge >= 0.3 is 5.97 Å². The van der Waals surface area contributed by atoms with Gasteiger partial charge in [-0.3, -0.25) is 4.79 Å². The quantitative estimate of drug-likeness (QED) is 0.665. The first-order chi connectivity index (χ1) is 6.77. The Balaban J connectivity index is 2.22. The van der Waals surface area contributed by atoms with Gasteiger partial charge in [-0.2, -0.15) is 0 Å². The van der Waals surface area contributed by atoms with Gasteiger partial charge in [0.25, 0.3) is 0 Å². The van der Waals surface area contributed by atoms with Crippen LogP contribution >= 0.6 is 0 Å². The molecule has 1 heterocycles. The molecular weight excluding hydrogens is 182 g/mol. The monoisotopic (exact) mass is 201 g/mol. The van der Waals surface area contributed by atoms with Crippen LogP contribution < -0.4 is 5.32 Å². The largest absolute Gasteiger partial charge is 0.468 e. The number of hydrogen-bond acceptors (Lipinski definition) is 4. The third-order valence-corrected chi connectivity index (χ3v) is 2.51. The average molecular weight is 201 g/mol. The number of rotatable bonds is 5. The summed E-state index contributed by atoms with van der Waals surface area (Å²) in [5, 5.41) is 3.16. The van der Waals surface area contributed by atoms with Gasteiger partial charge in [-0.25, -0.2) is 0 Å². The highest BCUT2D eigenvalue weighted by Gasteiger charge is 2.20. The van der Waals surface area contributed by atoms with Crippen LogP contribution in [0.1, 0.15) is 26.2 Å². The fourth-order valence-electron chi connectivity index (χ4n) is 1.62. The van der Waals surface area contributed by atoms with Crippen molar-refractivity contribution in [2.24, 2.45) is 0 Å². The molecule has 1 aliphatic rings. The molecule has 1 fully saturated rings. The van der Waals surface area contributed by atoms with E-state index in [-0.39, 0.29) is 18.1 Å². The Labute approximate surface area is 85.0 Å². The lowest BCUT2D eigenvalue weighted by molar-refractivity contribution is -0.143.